The van der Waals surface area contributed by atoms with Gasteiger partial charge in [-0.1, -0.05) is 23.7 Å². The first-order chi connectivity index (χ1) is 11.9. The summed E-state index contributed by atoms with van der Waals surface area (Å²) in [5.74, 6) is 0.238. The number of nitrogens with one attached hydrogen (secondary N) is 1. The number of likely N-dealkylation sites (tertiary alicyclic amines) is 1. The van der Waals surface area contributed by atoms with Gasteiger partial charge in [-0.15, -0.1) is 12.4 Å². The van der Waals surface area contributed by atoms with Gasteiger partial charge in [-0.2, -0.15) is 0 Å². The number of carbonyl (C=O) groups is 2. The Balaban J connectivity index is 0.00000243. The Morgan fingerprint density at radius 3 is 2.77 bits per heavy atom. The highest BCUT2D eigenvalue weighted by Crippen LogP contribution is 2.29. The number of hydrogen-bond donors (Lipinski definition) is 1. The van der Waals surface area contributed by atoms with E-state index >= 15 is 0 Å². The van der Waals surface area contributed by atoms with E-state index in [4.69, 9.17) is 11.6 Å². The molecule has 2 heterocycles. The Kier molecular flexibility index (Phi) is 6.94. The molecular formula is C19H27Cl2N3O2. The topological polar surface area (TPSA) is 52.7 Å². The van der Waals surface area contributed by atoms with Crippen LogP contribution in [0.4, 0.5) is 0 Å². The number of piperazine rings is 1. The number of benzene rings is 1. The van der Waals surface area contributed by atoms with Crippen LogP contribution < -0.4 is 5.32 Å². The third-order valence-corrected chi connectivity index (χ3v) is 5.57. The number of carbonyl (C=O) groups excluding carboxylic acids is 2. The van der Waals surface area contributed by atoms with Crippen molar-refractivity contribution in [3.8, 4) is 0 Å². The second-order valence-corrected chi connectivity index (χ2v) is 7.88. The van der Waals surface area contributed by atoms with Crippen LogP contribution in [0.25, 0.3) is 0 Å². The van der Waals surface area contributed by atoms with Crippen molar-refractivity contribution in [3.05, 3.63) is 34.9 Å². The first kappa shape index (κ1) is 21.0. The van der Waals surface area contributed by atoms with Crippen LogP contribution in [0.5, 0.6) is 0 Å². The minimum Gasteiger partial charge on any atom is -0.340 e. The van der Waals surface area contributed by atoms with Gasteiger partial charge in [0.25, 0.3) is 0 Å². The van der Waals surface area contributed by atoms with E-state index in [1.54, 1.807) is 0 Å². The van der Waals surface area contributed by atoms with Crippen LogP contribution in [0, 0.1) is 0 Å². The summed E-state index contributed by atoms with van der Waals surface area (Å²) in [7, 11) is 0. The van der Waals surface area contributed by atoms with Gasteiger partial charge in [-0.3, -0.25) is 9.59 Å². The molecule has 1 N–H and O–H groups in total. The maximum Gasteiger partial charge on any atom is 0.236 e. The van der Waals surface area contributed by atoms with Crippen molar-refractivity contribution < 1.29 is 9.59 Å². The molecular weight excluding hydrogens is 373 g/mol. The van der Waals surface area contributed by atoms with Gasteiger partial charge in [-0.25, -0.2) is 0 Å². The van der Waals surface area contributed by atoms with Gasteiger partial charge in [0, 0.05) is 37.2 Å². The van der Waals surface area contributed by atoms with E-state index in [1.165, 1.54) is 0 Å². The Morgan fingerprint density at radius 2 is 2.08 bits per heavy atom. The van der Waals surface area contributed by atoms with Crippen LogP contribution in [-0.2, 0) is 15.0 Å². The molecule has 2 amide bonds. The molecule has 0 radical (unpaired) electrons. The molecule has 1 unspecified atom stereocenters. The lowest BCUT2D eigenvalue weighted by Gasteiger charge is -2.43. The van der Waals surface area contributed by atoms with Crippen molar-refractivity contribution in [2.24, 2.45) is 0 Å². The molecule has 1 aromatic rings. The summed E-state index contributed by atoms with van der Waals surface area (Å²) < 4.78 is 0. The van der Waals surface area contributed by atoms with Crippen LogP contribution in [0.15, 0.2) is 24.3 Å². The number of rotatable bonds is 3. The Hall–Kier alpha value is -1.30. The van der Waals surface area contributed by atoms with Crippen LogP contribution in [0.3, 0.4) is 0 Å². The summed E-state index contributed by atoms with van der Waals surface area (Å²) in [6, 6.07) is 7.64. The third kappa shape index (κ3) is 4.33. The predicted octanol–water partition coefficient (Wildman–Crippen LogP) is 2.46. The van der Waals surface area contributed by atoms with Gasteiger partial charge in [-0.05, 0) is 44.4 Å². The van der Waals surface area contributed by atoms with Gasteiger partial charge in [0.05, 0.1) is 12.0 Å². The largest absolute Gasteiger partial charge is 0.340 e. The Morgan fingerprint density at radius 1 is 1.31 bits per heavy atom. The van der Waals surface area contributed by atoms with Gasteiger partial charge in [0.1, 0.15) is 0 Å². The van der Waals surface area contributed by atoms with Gasteiger partial charge >= 0.3 is 0 Å². The van der Waals surface area contributed by atoms with Crippen LogP contribution in [0.1, 0.15) is 32.3 Å². The molecule has 0 bridgehead atoms. The highest BCUT2D eigenvalue weighted by atomic mass is 35.5. The zero-order valence-electron chi connectivity index (χ0n) is 15.3. The fraction of sp³-hybridized carbons (Fsp3) is 0.579. The van der Waals surface area contributed by atoms with Crippen molar-refractivity contribution in [2.75, 3.05) is 32.7 Å². The van der Waals surface area contributed by atoms with Gasteiger partial charge < -0.3 is 15.1 Å². The number of nitrogens with zero attached hydrogens (tertiary/aromatic N) is 2. The SMILES string of the molecule is CC(C)(C(=O)N1CCCC(N2CCNCC2=O)C1)c1cccc(Cl)c1.Cl. The maximum atomic E-state index is 13.2. The average molecular weight is 400 g/mol. The fourth-order valence-corrected chi connectivity index (χ4v) is 3.99. The second kappa shape index (κ2) is 8.59. The van der Waals surface area contributed by atoms with E-state index in [9.17, 15) is 9.59 Å². The minimum atomic E-state index is -0.639. The van der Waals surface area contributed by atoms with Crippen LogP contribution in [0.2, 0.25) is 5.02 Å². The van der Waals surface area contributed by atoms with E-state index in [0.717, 1.165) is 38.0 Å². The molecule has 5 nitrogen and oxygen atoms in total. The molecule has 144 valence electrons. The molecule has 0 aromatic heterocycles. The maximum absolute atomic E-state index is 13.2. The van der Waals surface area contributed by atoms with Crippen molar-refractivity contribution in [1.29, 1.82) is 0 Å². The number of halogens is 2. The van der Waals surface area contributed by atoms with Gasteiger partial charge in [0.15, 0.2) is 0 Å². The predicted molar refractivity (Wildman–Crippen MR) is 106 cm³/mol. The van der Waals surface area contributed by atoms with E-state index < -0.39 is 5.41 Å². The molecule has 0 aliphatic carbocycles. The average Bonchev–Trinajstić information content (AvgIpc) is 2.61. The van der Waals surface area contributed by atoms with Crippen LogP contribution >= 0.6 is 24.0 Å². The molecule has 2 aliphatic heterocycles. The van der Waals surface area contributed by atoms with E-state index in [2.05, 4.69) is 5.32 Å². The standard InChI is InChI=1S/C19H26ClN3O2.ClH/c1-19(2,14-5-3-6-15(20)11-14)18(25)22-9-4-7-16(13-22)23-10-8-21-12-17(23)24;/h3,5-6,11,16,21H,4,7-10,12-13H2,1-2H3;1H. The summed E-state index contributed by atoms with van der Waals surface area (Å²) >= 11 is 6.11. The lowest BCUT2D eigenvalue weighted by Crippen LogP contribution is -2.58. The zero-order valence-corrected chi connectivity index (χ0v) is 16.9. The van der Waals surface area contributed by atoms with E-state index in [1.807, 2.05) is 47.9 Å². The molecule has 2 aliphatic rings. The molecule has 1 aromatic carbocycles. The van der Waals surface area contributed by atoms with E-state index in [0.29, 0.717) is 18.1 Å². The van der Waals surface area contributed by atoms with Crippen molar-refractivity contribution in [2.45, 2.75) is 38.1 Å². The highest BCUT2D eigenvalue weighted by molar-refractivity contribution is 6.30. The molecule has 2 saturated heterocycles. The summed E-state index contributed by atoms with van der Waals surface area (Å²) in [4.78, 5) is 29.2. The van der Waals surface area contributed by atoms with E-state index in [-0.39, 0.29) is 30.3 Å². The minimum absolute atomic E-state index is 0. The molecule has 1 atom stereocenters. The quantitative estimate of drug-likeness (QED) is 0.848. The van der Waals surface area contributed by atoms with Gasteiger partial charge in [0.2, 0.25) is 11.8 Å². The first-order valence-corrected chi connectivity index (χ1v) is 9.33. The molecule has 7 heteroatoms. The van der Waals surface area contributed by atoms with Crippen molar-refractivity contribution in [3.63, 3.8) is 0 Å². The molecule has 26 heavy (non-hydrogen) atoms. The smallest absolute Gasteiger partial charge is 0.236 e. The first-order valence-electron chi connectivity index (χ1n) is 8.95. The number of piperidine rings is 1. The third-order valence-electron chi connectivity index (χ3n) is 5.33. The second-order valence-electron chi connectivity index (χ2n) is 7.45. The summed E-state index contributed by atoms with van der Waals surface area (Å²) in [6.45, 7) is 7.21. The lowest BCUT2D eigenvalue weighted by molar-refractivity contribution is -0.143. The highest BCUT2D eigenvalue weighted by Gasteiger charge is 2.38. The van der Waals surface area contributed by atoms with Crippen molar-refractivity contribution in [1.82, 2.24) is 15.1 Å². The Bertz CT molecular complexity index is 666. The number of amides is 2. The molecule has 0 saturated carbocycles. The summed E-state index contributed by atoms with van der Waals surface area (Å²) in [5, 5.41) is 3.74. The zero-order chi connectivity index (χ0) is 18.0. The van der Waals surface area contributed by atoms with Crippen LogP contribution in [-0.4, -0.2) is 60.4 Å². The lowest BCUT2D eigenvalue weighted by atomic mass is 9.82. The monoisotopic (exact) mass is 399 g/mol. The normalized spacial score (nSPS) is 21.3. The fourth-order valence-electron chi connectivity index (χ4n) is 3.80. The summed E-state index contributed by atoms with van der Waals surface area (Å²) in [6.07, 6.45) is 1.90. The molecule has 3 rings (SSSR count). The molecule has 2 fully saturated rings. The summed E-state index contributed by atoms with van der Waals surface area (Å²) in [5.41, 5.74) is 0.283. The Labute approximate surface area is 166 Å². The molecule has 0 spiro atoms. The van der Waals surface area contributed by atoms with Crippen molar-refractivity contribution >= 4 is 35.8 Å². The number of hydrogen-bond acceptors (Lipinski definition) is 3.